The minimum Gasteiger partial charge on any atom is -0.464 e. The zero-order valence-electron chi connectivity index (χ0n) is 12.2. The van der Waals surface area contributed by atoms with E-state index in [1.165, 1.54) is 5.39 Å². The van der Waals surface area contributed by atoms with E-state index >= 15 is 0 Å². The lowest BCUT2D eigenvalue weighted by Crippen LogP contribution is -1.97. The summed E-state index contributed by atoms with van der Waals surface area (Å²) in [6.07, 6.45) is 1.76. The van der Waals surface area contributed by atoms with Crippen molar-refractivity contribution >= 4 is 43.3 Å². The summed E-state index contributed by atoms with van der Waals surface area (Å²) in [7, 11) is 0. The highest BCUT2D eigenvalue weighted by molar-refractivity contribution is 6.22. The first-order valence-electron chi connectivity index (χ1n) is 7.58. The molecule has 4 aromatic carbocycles. The van der Waals surface area contributed by atoms with Crippen molar-refractivity contribution in [2.75, 3.05) is 0 Å². The molecule has 0 amide bonds. The Kier molecular flexibility index (Phi) is 2.39. The monoisotopic (exact) mass is 296 g/mol. The molecule has 23 heavy (non-hydrogen) atoms. The maximum Gasteiger partial charge on any atom is 0.186 e. The molecule has 0 saturated carbocycles. The lowest BCUT2D eigenvalue weighted by atomic mass is 9.98. The Morgan fingerprint density at radius 1 is 0.609 bits per heavy atom. The van der Waals surface area contributed by atoms with Gasteiger partial charge in [-0.15, -0.1) is 0 Å². The molecule has 0 aliphatic carbocycles. The summed E-state index contributed by atoms with van der Waals surface area (Å²) in [5, 5.41) is 7.20. The highest BCUT2D eigenvalue weighted by Gasteiger charge is 2.10. The lowest BCUT2D eigenvalue weighted by molar-refractivity contribution is 0.612. The van der Waals surface area contributed by atoms with Crippen LogP contribution in [0.3, 0.4) is 0 Å². The Hall–Kier alpha value is -3.13. The van der Waals surface area contributed by atoms with Crippen LogP contribution < -0.4 is 5.43 Å². The molecule has 0 radical (unpaired) electrons. The molecule has 0 spiro atoms. The first kappa shape index (κ1) is 12.4. The molecule has 0 bridgehead atoms. The van der Waals surface area contributed by atoms with Gasteiger partial charge in [0.1, 0.15) is 5.58 Å². The zero-order valence-corrected chi connectivity index (χ0v) is 12.2. The Morgan fingerprint density at radius 2 is 1.43 bits per heavy atom. The van der Waals surface area contributed by atoms with Crippen LogP contribution in [0.4, 0.5) is 0 Å². The number of hydrogen-bond donors (Lipinski definition) is 0. The second kappa shape index (κ2) is 4.43. The number of benzene rings is 4. The molecule has 1 aromatic heterocycles. The molecule has 0 fully saturated rings. The van der Waals surface area contributed by atoms with Gasteiger partial charge in [-0.05, 0) is 39.7 Å². The topological polar surface area (TPSA) is 30.2 Å². The average Bonchev–Trinajstić information content (AvgIpc) is 2.61. The van der Waals surface area contributed by atoms with Crippen LogP contribution in [0.15, 0.2) is 82.2 Å². The van der Waals surface area contributed by atoms with E-state index in [1.807, 2.05) is 36.4 Å². The van der Waals surface area contributed by atoms with Crippen molar-refractivity contribution in [1.82, 2.24) is 0 Å². The first-order valence-corrected chi connectivity index (χ1v) is 7.58. The molecule has 5 aromatic rings. The maximum absolute atomic E-state index is 12.1. The first-order chi connectivity index (χ1) is 11.3. The van der Waals surface area contributed by atoms with Gasteiger partial charge in [-0.1, -0.05) is 48.5 Å². The van der Waals surface area contributed by atoms with E-state index in [0.29, 0.717) is 0 Å². The summed E-state index contributed by atoms with van der Waals surface area (Å²) < 4.78 is 5.88. The van der Waals surface area contributed by atoms with Gasteiger partial charge < -0.3 is 4.42 Å². The molecule has 0 unspecified atom stereocenters. The normalized spacial score (nSPS) is 11.7. The molecule has 0 atom stereocenters. The molecule has 0 N–H and O–H groups in total. The van der Waals surface area contributed by atoms with E-state index in [4.69, 9.17) is 4.42 Å². The van der Waals surface area contributed by atoms with Crippen molar-refractivity contribution in [2.45, 2.75) is 0 Å². The van der Waals surface area contributed by atoms with Crippen molar-refractivity contribution in [1.29, 1.82) is 0 Å². The van der Waals surface area contributed by atoms with Crippen molar-refractivity contribution in [2.24, 2.45) is 0 Å². The number of rotatable bonds is 0. The zero-order chi connectivity index (χ0) is 15.4. The Morgan fingerprint density at radius 3 is 2.39 bits per heavy atom. The lowest BCUT2D eigenvalue weighted by Gasteiger charge is -2.09. The van der Waals surface area contributed by atoms with E-state index in [-0.39, 0.29) is 5.43 Å². The molecule has 1 heterocycles. The van der Waals surface area contributed by atoms with E-state index in [0.717, 1.165) is 37.9 Å². The Balaban J connectivity index is 2.12. The predicted molar refractivity (Wildman–Crippen MR) is 95.0 cm³/mol. The molecule has 2 heteroatoms. The third-order valence-corrected chi connectivity index (χ3v) is 4.53. The summed E-state index contributed by atoms with van der Waals surface area (Å²) in [6.45, 7) is 0. The maximum atomic E-state index is 12.1. The molecule has 0 saturated heterocycles. The molecular formula is C21H12O2. The average molecular weight is 296 g/mol. The molecule has 0 aliphatic heterocycles. The summed E-state index contributed by atoms with van der Waals surface area (Å²) in [6, 6.07) is 21.7. The van der Waals surface area contributed by atoms with Gasteiger partial charge in [0.2, 0.25) is 0 Å². The smallest absolute Gasteiger partial charge is 0.186 e. The molecule has 0 aliphatic rings. The second-order valence-corrected chi connectivity index (χ2v) is 5.77. The fourth-order valence-corrected chi connectivity index (χ4v) is 3.45. The van der Waals surface area contributed by atoms with Crippen LogP contribution in [-0.4, -0.2) is 0 Å². The predicted octanol–water partition coefficient (Wildman–Crippen LogP) is 5.25. The van der Waals surface area contributed by atoms with Crippen molar-refractivity contribution in [3.05, 3.63) is 83.2 Å². The van der Waals surface area contributed by atoms with Crippen LogP contribution in [0.1, 0.15) is 0 Å². The van der Waals surface area contributed by atoms with Crippen molar-refractivity contribution < 1.29 is 4.42 Å². The van der Waals surface area contributed by atoms with Crippen molar-refractivity contribution in [3.8, 4) is 0 Å². The largest absolute Gasteiger partial charge is 0.464 e. The van der Waals surface area contributed by atoms with E-state index in [2.05, 4.69) is 18.2 Å². The fourth-order valence-electron chi connectivity index (χ4n) is 3.45. The van der Waals surface area contributed by atoms with Crippen LogP contribution in [0.5, 0.6) is 0 Å². The third-order valence-electron chi connectivity index (χ3n) is 4.53. The van der Waals surface area contributed by atoms with Gasteiger partial charge in [0, 0.05) is 16.2 Å². The summed E-state index contributed by atoms with van der Waals surface area (Å²) in [5.41, 5.74) is 0.899. The van der Waals surface area contributed by atoms with Gasteiger partial charge in [-0.2, -0.15) is 0 Å². The second-order valence-electron chi connectivity index (χ2n) is 5.77. The van der Waals surface area contributed by atoms with Gasteiger partial charge in [-0.25, -0.2) is 0 Å². The molecule has 2 nitrogen and oxygen atoms in total. The van der Waals surface area contributed by atoms with Crippen LogP contribution in [-0.2, 0) is 0 Å². The highest BCUT2D eigenvalue weighted by atomic mass is 16.3. The fraction of sp³-hybridized carbons (Fsp3) is 0. The number of hydrogen-bond acceptors (Lipinski definition) is 2. The Labute approximate surface area is 131 Å². The van der Waals surface area contributed by atoms with Gasteiger partial charge in [0.25, 0.3) is 0 Å². The van der Waals surface area contributed by atoms with Crippen LogP contribution in [0.25, 0.3) is 43.3 Å². The summed E-state index contributed by atoms with van der Waals surface area (Å²) in [5.74, 6) is 0. The summed E-state index contributed by atoms with van der Waals surface area (Å²) in [4.78, 5) is 12.1. The van der Waals surface area contributed by atoms with Gasteiger partial charge in [0.15, 0.2) is 5.43 Å². The minimum atomic E-state index is 0.0439. The quantitative estimate of drug-likeness (QED) is 0.365. The van der Waals surface area contributed by atoms with Crippen LogP contribution >= 0.6 is 0 Å². The highest BCUT2D eigenvalue weighted by Crippen LogP contribution is 2.34. The van der Waals surface area contributed by atoms with Crippen molar-refractivity contribution in [3.63, 3.8) is 0 Å². The van der Waals surface area contributed by atoms with Gasteiger partial charge >= 0.3 is 0 Å². The summed E-state index contributed by atoms with van der Waals surface area (Å²) >= 11 is 0. The van der Waals surface area contributed by atoms with E-state index < -0.39 is 0 Å². The Bertz CT molecular complexity index is 1280. The molecular weight excluding hydrogens is 284 g/mol. The SMILES string of the molecule is O=c1cccc2c1ccc1c2coc2ccc3ccccc3c21. The van der Waals surface area contributed by atoms with E-state index in [1.54, 1.807) is 18.4 Å². The van der Waals surface area contributed by atoms with Gasteiger partial charge in [-0.3, -0.25) is 4.79 Å². The minimum absolute atomic E-state index is 0.0439. The molecule has 5 rings (SSSR count). The van der Waals surface area contributed by atoms with Crippen LogP contribution in [0.2, 0.25) is 0 Å². The van der Waals surface area contributed by atoms with Crippen LogP contribution in [0, 0.1) is 0 Å². The standard InChI is InChI=1S/C21H12O2/c22-19-7-3-6-15-16(19)9-10-17-18(15)12-23-20-11-8-13-4-1-2-5-14(13)21(17)20/h1-12H. The number of fused-ring (bicyclic) bond motifs is 7. The van der Waals surface area contributed by atoms with Gasteiger partial charge in [0.05, 0.1) is 6.26 Å². The third kappa shape index (κ3) is 1.66. The molecule has 108 valence electrons. The van der Waals surface area contributed by atoms with E-state index in [9.17, 15) is 4.79 Å².